The van der Waals surface area contributed by atoms with Crippen molar-refractivity contribution in [1.82, 2.24) is 14.9 Å². The van der Waals surface area contributed by atoms with E-state index >= 15 is 0 Å². The van der Waals surface area contributed by atoms with Crippen LogP contribution in [0.25, 0.3) is 10.6 Å². The zero-order valence-electron chi connectivity index (χ0n) is 23.2. The van der Waals surface area contributed by atoms with E-state index in [2.05, 4.69) is 20.1 Å². The van der Waals surface area contributed by atoms with Crippen LogP contribution in [0, 0.1) is 5.92 Å². The monoisotopic (exact) mass is 648 g/mol. The largest absolute Gasteiger partial charge is 0.481 e. The molecule has 2 saturated heterocycles. The number of nitrogens with one attached hydrogen (secondary N) is 1. The minimum absolute atomic E-state index is 0.335. The fraction of sp³-hybridized carbons (Fsp3) is 0.517. The van der Waals surface area contributed by atoms with E-state index < -0.39 is 5.97 Å². The lowest BCUT2D eigenvalue weighted by molar-refractivity contribution is -0.142. The van der Waals surface area contributed by atoms with Crippen LogP contribution in [0.4, 0.5) is 16.0 Å². The van der Waals surface area contributed by atoms with E-state index in [0.717, 1.165) is 41.8 Å². The summed E-state index contributed by atoms with van der Waals surface area (Å²) in [5.41, 5.74) is 1.18. The topological polar surface area (TPSA) is 102 Å². The number of hydrogen-bond donors (Lipinski definition) is 2. The number of thiazole rings is 1. The van der Waals surface area contributed by atoms with Gasteiger partial charge in [-0.05, 0) is 43.9 Å². The molecule has 0 unspecified atom stereocenters. The second-order valence-electron chi connectivity index (χ2n) is 11.2. The van der Waals surface area contributed by atoms with Gasteiger partial charge in [0.1, 0.15) is 16.5 Å². The van der Waals surface area contributed by atoms with Crippen LogP contribution in [-0.4, -0.2) is 77.2 Å². The van der Waals surface area contributed by atoms with Crippen molar-refractivity contribution in [2.45, 2.75) is 51.0 Å². The Kier molecular flexibility index (Phi) is 9.21. The van der Waals surface area contributed by atoms with Gasteiger partial charge < -0.3 is 14.9 Å². The molecule has 42 heavy (non-hydrogen) atoms. The zero-order chi connectivity index (χ0) is 29.2. The molecule has 0 atom stereocenters. The number of pyridine rings is 1. The molecule has 2 aliphatic heterocycles. The average Bonchev–Trinajstić information content (AvgIpc) is 3.63. The number of aromatic nitrogens is 2. The number of thiophene rings is 1. The SMILES string of the molecule is O=C(Nc1nc(-c2ccc(Cl)s2)c(N2CCN(C3CCCCC3)CC2)s1)c1cnc(N2CCC(C(=O)O)CC2)c(Cl)c1. The van der Waals surface area contributed by atoms with Crippen molar-refractivity contribution in [1.29, 1.82) is 0 Å². The minimum Gasteiger partial charge on any atom is -0.481 e. The summed E-state index contributed by atoms with van der Waals surface area (Å²) in [7, 11) is 0. The molecule has 2 N–H and O–H groups in total. The van der Waals surface area contributed by atoms with E-state index in [1.165, 1.54) is 61.0 Å². The highest BCUT2D eigenvalue weighted by Crippen LogP contribution is 2.43. The van der Waals surface area contributed by atoms with Crippen molar-refractivity contribution in [2.75, 3.05) is 54.4 Å². The predicted octanol–water partition coefficient (Wildman–Crippen LogP) is 6.58. The highest BCUT2D eigenvalue weighted by Gasteiger charge is 2.29. The Hall–Kier alpha value is -2.44. The van der Waals surface area contributed by atoms with E-state index in [0.29, 0.717) is 57.8 Å². The number of rotatable bonds is 7. The van der Waals surface area contributed by atoms with Crippen LogP contribution in [0.3, 0.4) is 0 Å². The molecular weight excluding hydrogens is 615 g/mol. The van der Waals surface area contributed by atoms with E-state index in [1.807, 2.05) is 17.0 Å². The second kappa shape index (κ2) is 13.1. The van der Waals surface area contributed by atoms with Gasteiger partial charge in [0, 0.05) is 51.5 Å². The summed E-state index contributed by atoms with van der Waals surface area (Å²) >= 11 is 15.8. The summed E-state index contributed by atoms with van der Waals surface area (Å²) in [6.07, 6.45) is 9.22. The first-order valence-corrected chi connectivity index (χ1v) is 16.9. The van der Waals surface area contributed by atoms with Gasteiger partial charge >= 0.3 is 5.97 Å². The molecule has 3 fully saturated rings. The predicted molar refractivity (Wildman–Crippen MR) is 171 cm³/mol. The number of nitrogens with zero attached hydrogens (tertiary/aromatic N) is 5. The second-order valence-corrected chi connectivity index (χ2v) is 14.3. The molecule has 9 nitrogen and oxygen atoms in total. The summed E-state index contributed by atoms with van der Waals surface area (Å²) in [4.78, 5) is 41.9. The molecule has 3 aromatic heterocycles. The molecule has 0 spiro atoms. The number of carbonyl (C=O) groups excluding carboxylic acids is 1. The number of amides is 1. The van der Waals surface area contributed by atoms with Gasteiger partial charge in [0.25, 0.3) is 5.91 Å². The average molecular weight is 650 g/mol. The van der Waals surface area contributed by atoms with Gasteiger partial charge in [-0.2, -0.15) is 0 Å². The van der Waals surface area contributed by atoms with Gasteiger partial charge in [-0.25, -0.2) is 9.97 Å². The first kappa shape index (κ1) is 29.6. The number of halogens is 2. The fourth-order valence-corrected chi connectivity index (χ4v) is 8.63. The zero-order valence-corrected chi connectivity index (χ0v) is 26.4. The minimum atomic E-state index is -0.766. The first-order chi connectivity index (χ1) is 20.4. The van der Waals surface area contributed by atoms with Gasteiger partial charge in [0.15, 0.2) is 5.13 Å². The first-order valence-electron chi connectivity index (χ1n) is 14.6. The van der Waals surface area contributed by atoms with Crippen LogP contribution in [0.2, 0.25) is 9.36 Å². The van der Waals surface area contributed by atoms with E-state index in [1.54, 1.807) is 6.07 Å². The Labute approximate surface area is 263 Å². The van der Waals surface area contributed by atoms with Crippen LogP contribution in [0.5, 0.6) is 0 Å². The fourth-order valence-electron chi connectivity index (χ4n) is 6.21. The quantitative estimate of drug-likeness (QED) is 0.296. The normalized spacial score (nSPS) is 19.3. The number of carboxylic acid groups (broad SMARTS) is 1. The third-order valence-electron chi connectivity index (χ3n) is 8.56. The van der Waals surface area contributed by atoms with Crippen molar-refractivity contribution < 1.29 is 14.7 Å². The molecule has 3 aliphatic rings. The van der Waals surface area contributed by atoms with Crippen LogP contribution in [0.15, 0.2) is 24.4 Å². The van der Waals surface area contributed by atoms with Crippen molar-refractivity contribution in [3.8, 4) is 10.6 Å². The molecule has 0 aromatic carbocycles. The van der Waals surface area contributed by atoms with Gasteiger partial charge in [-0.15, -0.1) is 11.3 Å². The van der Waals surface area contributed by atoms with E-state index in [9.17, 15) is 14.7 Å². The molecule has 3 aromatic rings. The summed E-state index contributed by atoms with van der Waals surface area (Å²) in [6, 6.07) is 6.18. The number of carbonyl (C=O) groups is 2. The van der Waals surface area contributed by atoms with Crippen LogP contribution in [-0.2, 0) is 4.79 Å². The summed E-state index contributed by atoms with van der Waals surface area (Å²) in [6.45, 7) is 5.01. The van der Waals surface area contributed by atoms with Crippen molar-refractivity contribution >= 4 is 73.7 Å². The summed E-state index contributed by atoms with van der Waals surface area (Å²) in [5, 5.41) is 14.2. The Morgan fingerprint density at radius 1 is 0.929 bits per heavy atom. The number of carboxylic acids is 1. The number of hydrogen-bond acceptors (Lipinski definition) is 9. The standard InChI is InChI=1S/C29H34Cl2N6O3S2/c30-21-16-19(17-32-25(21)36-10-8-18(9-11-36)28(39)40)26(38)34-29-33-24(22-6-7-23(31)41-22)27(42-29)37-14-12-35(13-15-37)20-4-2-1-3-5-20/h6-7,16-18,20H,1-5,8-15H2,(H,39,40)(H,33,34,38). The van der Waals surface area contributed by atoms with Crippen molar-refractivity contribution in [2.24, 2.45) is 5.92 Å². The van der Waals surface area contributed by atoms with Crippen molar-refractivity contribution in [3.05, 3.63) is 39.3 Å². The van der Waals surface area contributed by atoms with Crippen LogP contribution < -0.4 is 15.1 Å². The highest BCUT2D eigenvalue weighted by molar-refractivity contribution is 7.22. The lowest BCUT2D eigenvalue weighted by Crippen LogP contribution is -2.50. The molecule has 5 heterocycles. The number of piperazine rings is 1. The van der Waals surface area contributed by atoms with Crippen LogP contribution >= 0.6 is 45.9 Å². The maximum Gasteiger partial charge on any atom is 0.306 e. The molecule has 6 rings (SSSR count). The molecule has 224 valence electrons. The Bertz CT molecular complexity index is 1430. The number of aliphatic carboxylic acids is 1. The molecular formula is C29H34Cl2N6O3S2. The van der Waals surface area contributed by atoms with Crippen molar-refractivity contribution in [3.63, 3.8) is 0 Å². The summed E-state index contributed by atoms with van der Waals surface area (Å²) < 4.78 is 0.699. The Balaban J connectivity index is 1.16. The molecule has 1 aliphatic carbocycles. The van der Waals surface area contributed by atoms with Gasteiger partial charge in [-0.1, -0.05) is 53.8 Å². The maximum absolute atomic E-state index is 13.3. The van der Waals surface area contributed by atoms with E-state index in [-0.39, 0.29) is 11.8 Å². The third-order valence-corrected chi connectivity index (χ3v) is 11.1. The number of piperidine rings is 1. The van der Waals surface area contributed by atoms with E-state index in [4.69, 9.17) is 28.2 Å². The Morgan fingerprint density at radius 2 is 1.67 bits per heavy atom. The Morgan fingerprint density at radius 3 is 2.31 bits per heavy atom. The molecule has 0 bridgehead atoms. The number of anilines is 3. The molecule has 0 radical (unpaired) electrons. The lowest BCUT2D eigenvalue weighted by Gasteiger charge is -2.41. The lowest BCUT2D eigenvalue weighted by atomic mass is 9.94. The van der Waals surface area contributed by atoms with Gasteiger partial charge in [0.05, 0.1) is 25.7 Å². The smallest absolute Gasteiger partial charge is 0.306 e. The third kappa shape index (κ3) is 6.55. The highest BCUT2D eigenvalue weighted by atomic mass is 35.5. The molecule has 1 amide bonds. The summed E-state index contributed by atoms with van der Waals surface area (Å²) in [5.74, 6) is -0.876. The van der Waals surface area contributed by atoms with Gasteiger partial charge in [-0.3, -0.25) is 19.8 Å². The maximum atomic E-state index is 13.3. The van der Waals surface area contributed by atoms with Crippen LogP contribution in [0.1, 0.15) is 55.3 Å². The molecule has 13 heteroatoms. The van der Waals surface area contributed by atoms with Gasteiger partial charge in [0.2, 0.25) is 0 Å². The molecule has 1 saturated carbocycles.